The van der Waals surface area contributed by atoms with E-state index >= 15 is 0 Å². The summed E-state index contributed by atoms with van der Waals surface area (Å²) in [6.45, 7) is 6.68. The maximum atomic E-state index is 5.60. The molecule has 0 radical (unpaired) electrons. The Morgan fingerprint density at radius 3 is 3.10 bits per heavy atom. The number of nitrogens with one attached hydrogen (secondary N) is 1. The summed E-state index contributed by atoms with van der Waals surface area (Å²) in [6.07, 6.45) is 2.10. The topological polar surface area (TPSA) is 60.2 Å². The van der Waals surface area contributed by atoms with Crippen LogP contribution < -0.4 is 5.32 Å². The first-order chi connectivity index (χ1) is 10.3. The second kappa shape index (κ2) is 6.68. The standard InChI is InChI=1S/C15H21N3O2S/c1-3-5-16-13-4-6-19-7-11(13)15-17-14(18-20-15)12-9-21-8-10(12)2/h8-9,11,13,16H,3-7H2,1-2H3. The second-order valence-corrected chi connectivity index (χ2v) is 6.20. The second-order valence-electron chi connectivity index (χ2n) is 5.46. The normalized spacial score (nSPS) is 22.6. The van der Waals surface area contributed by atoms with Gasteiger partial charge in [-0.15, -0.1) is 0 Å². The van der Waals surface area contributed by atoms with E-state index < -0.39 is 0 Å². The third-order valence-electron chi connectivity index (χ3n) is 3.87. The van der Waals surface area contributed by atoms with Crippen LogP contribution in [0.25, 0.3) is 11.4 Å². The van der Waals surface area contributed by atoms with Gasteiger partial charge in [0.1, 0.15) is 0 Å². The molecule has 2 aromatic rings. The molecule has 21 heavy (non-hydrogen) atoms. The molecule has 2 atom stereocenters. The largest absolute Gasteiger partial charge is 0.381 e. The number of rotatable bonds is 5. The number of nitrogens with zero attached hydrogens (tertiary/aromatic N) is 2. The van der Waals surface area contributed by atoms with Gasteiger partial charge >= 0.3 is 0 Å². The maximum Gasteiger partial charge on any atom is 0.233 e. The molecule has 1 N–H and O–H groups in total. The molecular weight excluding hydrogens is 286 g/mol. The van der Waals surface area contributed by atoms with Gasteiger partial charge in [0.15, 0.2) is 0 Å². The van der Waals surface area contributed by atoms with E-state index in [1.807, 2.05) is 0 Å². The van der Waals surface area contributed by atoms with Gasteiger partial charge in [-0.1, -0.05) is 12.1 Å². The van der Waals surface area contributed by atoms with Crippen molar-refractivity contribution in [1.29, 1.82) is 0 Å². The average molecular weight is 307 g/mol. The zero-order chi connectivity index (χ0) is 14.7. The molecule has 6 heteroatoms. The highest BCUT2D eigenvalue weighted by atomic mass is 32.1. The summed E-state index contributed by atoms with van der Waals surface area (Å²) < 4.78 is 11.1. The molecule has 2 unspecified atom stereocenters. The van der Waals surface area contributed by atoms with Crippen LogP contribution in [0.3, 0.4) is 0 Å². The highest BCUT2D eigenvalue weighted by Gasteiger charge is 2.31. The summed E-state index contributed by atoms with van der Waals surface area (Å²) in [4.78, 5) is 4.60. The summed E-state index contributed by atoms with van der Waals surface area (Å²) in [7, 11) is 0. The molecule has 1 fully saturated rings. The first-order valence-corrected chi connectivity index (χ1v) is 8.41. The lowest BCUT2D eigenvalue weighted by atomic mass is 9.95. The number of hydrogen-bond donors (Lipinski definition) is 1. The van der Waals surface area contributed by atoms with Crippen LogP contribution in [0.1, 0.15) is 37.1 Å². The van der Waals surface area contributed by atoms with Crippen LogP contribution >= 0.6 is 11.3 Å². The van der Waals surface area contributed by atoms with Crippen molar-refractivity contribution in [1.82, 2.24) is 15.5 Å². The van der Waals surface area contributed by atoms with E-state index in [9.17, 15) is 0 Å². The molecule has 2 aromatic heterocycles. The first-order valence-electron chi connectivity index (χ1n) is 7.47. The number of hydrogen-bond acceptors (Lipinski definition) is 6. The number of aromatic nitrogens is 2. The average Bonchev–Trinajstić information content (AvgIpc) is 3.14. The third kappa shape index (κ3) is 3.17. The smallest absolute Gasteiger partial charge is 0.233 e. The van der Waals surface area contributed by atoms with Crippen LogP contribution in [-0.2, 0) is 4.74 Å². The monoisotopic (exact) mass is 307 g/mol. The van der Waals surface area contributed by atoms with Crippen molar-refractivity contribution < 1.29 is 9.26 Å². The van der Waals surface area contributed by atoms with E-state index in [1.54, 1.807) is 11.3 Å². The van der Waals surface area contributed by atoms with Crippen molar-refractivity contribution in [3.63, 3.8) is 0 Å². The lowest BCUT2D eigenvalue weighted by Crippen LogP contribution is -2.41. The number of ether oxygens (including phenoxy) is 1. The van der Waals surface area contributed by atoms with Crippen molar-refractivity contribution in [3.8, 4) is 11.4 Å². The Balaban J connectivity index is 1.79. The Kier molecular flexibility index (Phi) is 4.67. The zero-order valence-electron chi connectivity index (χ0n) is 12.5. The van der Waals surface area contributed by atoms with Crippen LogP contribution in [0.2, 0.25) is 0 Å². The quantitative estimate of drug-likeness (QED) is 0.920. The summed E-state index contributed by atoms with van der Waals surface area (Å²) in [5.74, 6) is 1.51. The Hall–Kier alpha value is -1.24. The Labute approximate surface area is 128 Å². The maximum absolute atomic E-state index is 5.60. The Bertz CT molecular complexity index is 581. The number of aryl methyl sites for hydroxylation is 1. The van der Waals surface area contributed by atoms with Gasteiger partial charge in [0, 0.05) is 23.6 Å². The van der Waals surface area contributed by atoms with Crippen molar-refractivity contribution in [2.45, 2.75) is 38.6 Å². The van der Waals surface area contributed by atoms with Gasteiger partial charge in [-0.05, 0) is 37.3 Å². The Morgan fingerprint density at radius 2 is 2.33 bits per heavy atom. The van der Waals surface area contributed by atoms with E-state index in [4.69, 9.17) is 9.26 Å². The molecule has 0 bridgehead atoms. The van der Waals surface area contributed by atoms with E-state index in [2.05, 4.69) is 40.1 Å². The van der Waals surface area contributed by atoms with E-state index in [1.165, 1.54) is 5.56 Å². The minimum absolute atomic E-state index is 0.144. The molecule has 1 aliphatic rings. The molecule has 0 spiro atoms. The van der Waals surface area contributed by atoms with Gasteiger partial charge in [-0.25, -0.2) is 0 Å². The van der Waals surface area contributed by atoms with Gasteiger partial charge in [0.05, 0.1) is 12.5 Å². The fraction of sp³-hybridized carbons (Fsp3) is 0.600. The molecule has 0 amide bonds. The van der Waals surface area contributed by atoms with Gasteiger partial charge in [0.25, 0.3) is 0 Å². The molecule has 0 aromatic carbocycles. The SMILES string of the molecule is CCCNC1CCOCC1c1nc(-c2cscc2C)no1. The van der Waals surface area contributed by atoms with Crippen molar-refractivity contribution >= 4 is 11.3 Å². The highest BCUT2D eigenvalue weighted by Crippen LogP contribution is 2.29. The van der Waals surface area contributed by atoms with Crippen molar-refractivity contribution in [2.75, 3.05) is 19.8 Å². The summed E-state index contributed by atoms with van der Waals surface area (Å²) in [5.41, 5.74) is 2.25. The minimum atomic E-state index is 0.144. The fourth-order valence-electron chi connectivity index (χ4n) is 2.64. The van der Waals surface area contributed by atoms with E-state index in [-0.39, 0.29) is 5.92 Å². The third-order valence-corrected chi connectivity index (χ3v) is 4.73. The predicted octanol–water partition coefficient (Wildman–Crippen LogP) is 2.98. The number of thiophene rings is 1. The van der Waals surface area contributed by atoms with Crippen LogP contribution in [0.15, 0.2) is 15.3 Å². The molecule has 5 nitrogen and oxygen atoms in total. The van der Waals surface area contributed by atoms with Crippen molar-refractivity contribution in [2.24, 2.45) is 0 Å². The van der Waals surface area contributed by atoms with Crippen LogP contribution in [0.4, 0.5) is 0 Å². The first kappa shape index (κ1) is 14.7. The molecule has 1 saturated heterocycles. The lowest BCUT2D eigenvalue weighted by Gasteiger charge is -2.29. The van der Waals surface area contributed by atoms with Gasteiger partial charge in [0.2, 0.25) is 11.7 Å². The minimum Gasteiger partial charge on any atom is -0.381 e. The molecule has 0 saturated carbocycles. The molecular formula is C15H21N3O2S. The van der Waals surface area contributed by atoms with Gasteiger partial charge in [-0.2, -0.15) is 16.3 Å². The fourth-order valence-corrected chi connectivity index (χ4v) is 3.47. The highest BCUT2D eigenvalue weighted by molar-refractivity contribution is 7.08. The van der Waals surface area contributed by atoms with Gasteiger partial charge in [-0.3, -0.25) is 0 Å². The van der Waals surface area contributed by atoms with Crippen LogP contribution in [-0.4, -0.2) is 35.9 Å². The van der Waals surface area contributed by atoms with Crippen molar-refractivity contribution in [3.05, 3.63) is 22.2 Å². The van der Waals surface area contributed by atoms with Gasteiger partial charge < -0.3 is 14.6 Å². The summed E-state index contributed by atoms with van der Waals surface area (Å²) >= 11 is 1.66. The molecule has 1 aliphatic heterocycles. The van der Waals surface area contributed by atoms with E-state index in [0.717, 1.165) is 31.6 Å². The zero-order valence-corrected chi connectivity index (χ0v) is 13.3. The Morgan fingerprint density at radius 1 is 1.43 bits per heavy atom. The van der Waals surface area contributed by atoms with Crippen LogP contribution in [0.5, 0.6) is 0 Å². The molecule has 0 aliphatic carbocycles. The summed E-state index contributed by atoms with van der Waals surface area (Å²) in [5, 5.41) is 11.9. The predicted molar refractivity (Wildman–Crippen MR) is 82.6 cm³/mol. The lowest BCUT2D eigenvalue weighted by molar-refractivity contribution is 0.0498. The summed E-state index contributed by atoms with van der Waals surface area (Å²) in [6, 6.07) is 0.357. The molecule has 3 heterocycles. The molecule has 3 rings (SSSR count). The van der Waals surface area contributed by atoms with E-state index in [0.29, 0.717) is 24.4 Å². The van der Waals surface area contributed by atoms with Crippen LogP contribution in [0, 0.1) is 6.92 Å². The molecule has 114 valence electrons.